The van der Waals surface area contributed by atoms with Gasteiger partial charge in [0.05, 0.1) is 0 Å². The van der Waals surface area contributed by atoms with Crippen molar-refractivity contribution in [1.82, 2.24) is 9.97 Å². The van der Waals surface area contributed by atoms with Gasteiger partial charge in [-0.25, -0.2) is 9.97 Å². The second kappa shape index (κ2) is 6.03. The van der Waals surface area contributed by atoms with Crippen LogP contribution >= 0.6 is 0 Å². The highest BCUT2D eigenvalue weighted by atomic mass is 15.2. The molecule has 18 heavy (non-hydrogen) atoms. The molecule has 1 rings (SSSR count). The smallest absolute Gasteiger partial charge is 0.135 e. The van der Waals surface area contributed by atoms with E-state index in [1.165, 1.54) is 0 Å². The normalized spacial score (nSPS) is 12.9. The molecule has 0 saturated heterocycles. The van der Waals surface area contributed by atoms with Crippen LogP contribution in [0.5, 0.6) is 0 Å². The van der Waals surface area contributed by atoms with E-state index in [4.69, 9.17) is 0 Å². The number of hydrogen-bond donors (Lipinski definition) is 1. The quantitative estimate of drug-likeness (QED) is 0.871. The first kappa shape index (κ1) is 14.7. The van der Waals surface area contributed by atoms with Crippen molar-refractivity contribution in [2.75, 3.05) is 24.3 Å². The summed E-state index contributed by atoms with van der Waals surface area (Å²) in [5, 5.41) is 3.11. The van der Waals surface area contributed by atoms with Gasteiger partial charge >= 0.3 is 0 Å². The van der Waals surface area contributed by atoms with E-state index in [1.807, 2.05) is 13.1 Å². The molecule has 102 valence electrons. The Balaban J connectivity index is 3.11. The number of aromatic nitrogens is 2. The summed E-state index contributed by atoms with van der Waals surface area (Å²) >= 11 is 0. The van der Waals surface area contributed by atoms with Crippen LogP contribution in [0.2, 0.25) is 0 Å². The van der Waals surface area contributed by atoms with Crippen molar-refractivity contribution in [3.63, 3.8) is 0 Å². The topological polar surface area (TPSA) is 41.0 Å². The summed E-state index contributed by atoms with van der Waals surface area (Å²) < 4.78 is 0. The van der Waals surface area contributed by atoms with Gasteiger partial charge in [0, 0.05) is 32.1 Å². The average molecular weight is 250 g/mol. The van der Waals surface area contributed by atoms with Crippen molar-refractivity contribution in [3.05, 3.63) is 11.9 Å². The van der Waals surface area contributed by atoms with Crippen LogP contribution < -0.4 is 10.2 Å². The summed E-state index contributed by atoms with van der Waals surface area (Å²) in [6, 6.07) is 2.45. The van der Waals surface area contributed by atoms with Crippen LogP contribution in [0.3, 0.4) is 0 Å². The minimum absolute atomic E-state index is 0.333. The molecule has 0 aromatic carbocycles. The summed E-state index contributed by atoms with van der Waals surface area (Å²) in [6.45, 7) is 10.9. The first-order chi connectivity index (χ1) is 8.36. The van der Waals surface area contributed by atoms with Crippen LogP contribution in [0.4, 0.5) is 11.6 Å². The summed E-state index contributed by atoms with van der Waals surface area (Å²) in [4.78, 5) is 11.4. The van der Waals surface area contributed by atoms with Crippen LogP contribution in [0, 0.1) is 5.92 Å². The van der Waals surface area contributed by atoms with Gasteiger partial charge in [-0.15, -0.1) is 0 Å². The van der Waals surface area contributed by atoms with Crippen molar-refractivity contribution >= 4 is 11.6 Å². The maximum atomic E-state index is 4.66. The average Bonchev–Trinajstić information content (AvgIpc) is 2.35. The van der Waals surface area contributed by atoms with Crippen molar-refractivity contribution in [3.8, 4) is 0 Å². The molecule has 1 unspecified atom stereocenters. The Morgan fingerprint density at radius 2 is 1.72 bits per heavy atom. The van der Waals surface area contributed by atoms with Crippen LogP contribution in [0.25, 0.3) is 0 Å². The molecule has 0 aliphatic carbocycles. The van der Waals surface area contributed by atoms with E-state index in [0.29, 0.717) is 17.9 Å². The molecule has 0 bridgehead atoms. The van der Waals surface area contributed by atoms with Gasteiger partial charge in [-0.2, -0.15) is 0 Å². The third-order valence-electron chi connectivity index (χ3n) is 3.44. The molecule has 4 heteroatoms. The second-order valence-electron chi connectivity index (χ2n) is 5.47. The van der Waals surface area contributed by atoms with Gasteiger partial charge in [-0.3, -0.25) is 0 Å². The van der Waals surface area contributed by atoms with Gasteiger partial charge in [0.1, 0.15) is 17.5 Å². The maximum Gasteiger partial charge on any atom is 0.135 e. The molecule has 1 N–H and O–H groups in total. The van der Waals surface area contributed by atoms with Gasteiger partial charge in [0.15, 0.2) is 0 Å². The van der Waals surface area contributed by atoms with Crippen LogP contribution in [-0.2, 0) is 0 Å². The molecule has 1 aromatic heterocycles. The van der Waals surface area contributed by atoms with E-state index in [2.05, 4.69) is 61.9 Å². The van der Waals surface area contributed by atoms with E-state index < -0.39 is 0 Å². The summed E-state index contributed by atoms with van der Waals surface area (Å²) in [7, 11) is 3.98. The zero-order valence-electron chi connectivity index (χ0n) is 12.7. The monoisotopic (exact) mass is 250 g/mol. The Bertz CT molecular complexity index is 387. The molecule has 0 fully saturated rings. The largest absolute Gasteiger partial charge is 0.373 e. The minimum atomic E-state index is 0.333. The highest BCUT2D eigenvalue weighted by Crippen LogP contribution is 2.22. The summed E-state index contributed by atoms with van der Waals surface area (Å²) in [6.07, 6.45) is 0. The molecule has 0 saturated carbocycles. The van der Waals surface area contributed by atoms with Gasteiger partial charge in [-0.05, 0) is 12.8 Å². The first-order valence-corrected chi connectivity index (χ1v) is 6.66. The summed E-state index contributed by atoms with van der Waals surface area (Å²) in [5.74, 6) is 3.68. The number of rotatable bonds is 5. The van der Waals surface area contributed by atoms with E-state index in [1.54, 1.807) is 0 Å². The third-order valence-corrected chi connectivity index (χ3v) is 3.44. The lowest BCUT2D eigenvalue weighted by Gasteiger charge is -2.29. The van der Waals surface area contributed by atoms with Crippen molar-refractivity contribution in [2.45, 2.75) is 46.6 Å². The number of anilines is 2. The third kappa shape index (κ3) is 3.34. The Kier molecular flexibility index (Phi) is 4.93. The molecule has 1 aromatic rings. The van der Waals surface area contributed by atoms with E-state index in [9.17, 15) is 0 Å². The highest BCUT2D eigenvalue weighted by Gasteiger charge is 2.17. The molecule has 0 amide bonds. The number of hydrogen-bond acceptors (Lipinski definition) is 4. The lowest BCUT2D eigenvalue weighted by molar-refractivity contribution is 0.501. The Morgan fingerprint density at radius 1 is 1.11 bits per heavy atom. The molecule has 1 atom stereocenters. The molecule has 1 heterocycles. The molecule has 0 spiro atoms. The predicted octanol–water partition coefficient (Wildman–Crippen LogP) is 3.12. The van der Waals surface area contributed by atoms with E-state index in [-0.39, 0.29) is 0 Å². The van der Waals surface area contributed by atoms with Crippen molar-refractivity contribution in [1.29, 1.82) is 0 Å². The van der Waals surface area contributed by atoms with Crippen LogP contribution in [0.15, 0.2) is 6.07 Å². The van der Waals surface area contributed by atoms with Crippen molar-refractivity contribution in [2.24, 2.45) is 5.92 Å². The Labute approximate surface area is 111 Å². The second-order valence-corrected chi connectivity index (χ2v) is 5.47. The lowest BCUT2D eigenvalue weighted by Crippen LogP contribution is -2.34. The predicted molar refractivity (Wildman–Crippen MR) is 78.4 cm³/mol. The van der Waals surface area contributed by atoms with Crippen molar-refractivity contribution < 1.29 is 0 Å². The van der Waals surface area contributed by atoms with Crippen LogP contribution in [-0.4, -0.2) is 30.1 Å². The minimum Gasteiger partial charge on any atom is -0.373 e. The molecular formula is C14H26N4. The van der Waals surface area contributed by atoms with E-state index in [0.717, 1.165) is 17.5 Å². The van der Waals surface area contributed by atoms with Gasteiger partial charge in [0.2, 0.25) is 0 Å². The SMILES string of the molecule is CNc1cc(N(C)C(C)C(C)C)nc(C(C)C)n1. The standard InChI is InChI=1S/C14H26N4/c1-9(2)11(5)18(7)13-8-12(15-6)16-14(17-13)10(3)4/h8-11H,1-7H3,(H,15,16,17). The van der Waals surface area contributed by atoms with Gasteiger partial charge < -0.3 is 10.2 Å². The highest BCUT2D eigenvalue weighted by molar-refractivity contribution is 5.49. The maximum absolute atomic E-state index is 4.66. The Morgan fingerprint density at radius 3 is 2.17 bits per heavy atom. The first-order valence-electron chi connectivity index (χ1n) is 6.66. The molecule has 0 aliphatic heterocycles. The Hall–Kier alpha value is -1.32. The summed E-state index contributed by atoms with van der Waals surface area (Å²) in [5.41, 5.74) is 0. The molecule has 4 nitrogen and oxygen atoms in total. The zero-order chi connectivity index (χ0) is 13.9. The fraction of sp³-hybridized carbons (Fsp3) is 0.714. The molecular weight excluding hydrogens is 224 g/mol. The lowest BCUT2D eigenvalue weighted by atomic mass is 10.1. The van der Waals surface area contributed by atoms with E-state index >= 15 is 0 Å². The number of nitrogens with zero attached hydrogens (tertiary/aromatic N) is 3. The van der Waals surface area contributed by atoms with Gasteiger partial charge in [0.25, 0.3) is 0 Å². The van der Waals surface area contributed by atoms with Crippen LogP contribution in [0.1, 0.15) is 46.4 Å². The zero-order valence-corrected chi connectivity index (χ0v) is 12.7. The van der Waals surface area contributed by atoms with Gasteiger partial charge in [-0.1, -0.05) is 27.7 Å². The fourth-order valence-corrected chi connectivity index (χ4v) is 1.68. The molecule has 0 aliphatic rings. The number of nitrogens with one attached hydrogen (secondary N) is 1. The molecule has 0 radical (unpaired) electrons. The fourth-order valence-electron chi connectivity index (χ4n) is 1.68.